The minimum Gasteiger partial charge on any atom is -0.459 e. The topological polar surface area (TPSA) is 42.4 Å². The lowest BCUT2D eigenvalue weighted by atomic mass is 10.2. The van der Waals surface area contributed by atoms with Crippen molar-refractivity contribution in [2.45, 2.75) is 52.8 Å². The van der Waals surface area contributed by atoms with Gasteiger partial charge in [0.1, 0.15) is 11.6 Å². The molecule has 1 atom stereocenters. The zero-order chi connectivity index (χ0) is 13.9. The third-order valence-electron chi connectivity index (χ3n) is 2.49. The molecule has 0 spiro atoms. The first-order chi connectivity index (χ1) is 8.19. The van der Waals surface area contributed by atoms with Crippen LogP contribution < -0.4 is 0 Å². The number of carbonyl (C=O) groups excluding carboxylic acids is 1. The summed E-state index contributed by atoms with van der Waals surface area (Å²) in [5, 5.41) is 3.07. The molecule has 0 N–H and O–H groups in total. The number of ether oxygens (including phenoxy) is 1. The lowest BCUT2D eigenvalue weighted by Gasteiger charge is -2.27. The normalized spacial score (nSPS) is 13.7. The summed E-state index contributed by atoms with van der Waals surface area (Å²) in [6.45, 7) is 10.1. The van der Waals surface area contributed by atoms with Gasteiger partial charge >= 0.3 is 5.97 Å². The van der Waals surface area contributed by atoms with Crippen molar-refractivity contribution >= 4 is 17.3 Å². The van der Waals surface area contributed by atoms with Crippen LogP contribution in [0.2, 0.25) is 0 Å². The molecule has 18 heavy (non-hydrogen) atoms. The number of carbonyl (C=O) groups is 1. The maximum absolute atomic E-state index is 11.9. The maximum atomic E-state index is 11.9. The van der Waals surface area contributed by atoms with Crippen LogP contribution in [0.4, 0.5) is 0 Å². The van der Waals surface area contributed by atoms with E-state index in [1.807, 2.05) is 51.9 Å². The van der Waals surface area contributed by atoms with Crippen LogP contribution in [0.1, 0.15) is 38.4 Å². The van der Waals surface area contributed by atoms with Crippen molar-refractivity contribution in [2.75, 3.05) is 7.05 Å². The fourth-order valence-electron chi connectivity index (χ4n) is 1.44. The van der Waals surface area contributed by atoms with Gasteiger partial charge in [-0.05, 0) is 41.7 Å². The quantitative estimate of drug-likeness (QED) is 0.789. The summed E-state index contributed by atoms with van der Waals surface area (Å²) in [6.07, 6.45) is 0. The summed E-state index contributed by atoms with van der Waals surface area (Å²) in [6, 6.07) is -0.272. The summed E-state index contributed by atoms with van der Waals surface area (Å²) in [4.78, 5) is 18.3. The molecule has 0 aliphatic carbocycles. The molecule has 0 aliphatic rings. The highest BCUT2D eigenvalue weighted by Gasteiger charge is 2.24. The Kier molecular flexibility index (Phi) is 4.87. The summed E-state index contributed by atoms with van der Waals surface area (Å²) >= 11 is 1.62. The van der Waals surface area contributed by atoms with Crippen molar-refractivity contribution in [3.63, 3.8) is 0 Å². The van der Waals surface area contributed by atoms with E-state index in [0.717, 1.165) is 10.7 Å². The Labute approximate surface area is 113 Å². The van der Waals surface area contributed by atoms with E-state index < -0.39 is 5.60 Å². The van der Waals surface area contributed by atoms with E-state index >= 15 is 0 Å². The largest absolute Gasteiger partial charge is 0.459 e. The number of hydrogen-bond acceptors (Lipinski definition) is 5. The van der Waals surface area contributed by atoms with Crippen molar-refractivity contribution < 1.29 is 9.53 Å². The molecule has 0 bridgehead atoms. The van der Waals surface area contributed by atoms with Gasteiger partial charge in [0.15, 0.2) is 0 Å². The van der Waals surface area contributed by atoms with Gasteiger partial charge in [-0.2, -0.15) is 0 Å². The molecule has 0 radical (unpaired) electrons. The van der Waals surface area contributed by atoms with Gasteiger partial charge in [-0.25, -0.2) is 4.98 Å². The van der Waals surface area contributed by atoms with Gasteiger partial charge in [0.25, 0.3) is 0 Å². The van der Waals surface area contributed by atoms with E-state index in [0.29, 0.717) is 6.54 Å². The van der Waals surface area contributed by atoms with Crippen LogP contribution in [-0.2, 0) is 16.1 Å². The fraction of sp³-hybridized carbons (Fsp3) is 0.692. The van der Waals surface area contributed by atoms with E-state index in [1.165, 1.54) is 0 Å². The average molecular weight is 270 g/mol. The van der Waals surface area contributed by atoms with Gasteiger partial charge in [0.2, 0.25) is 0 Å². The SMILES string of the molecule is Cc1nc(CN(C)C(C)C(=O)OC(C)(C)C)cs1. The maximum Gasteiger partial charge on any atom is 0.323 e. The molecule has 1 unspecified atom stereocenters. The minimum absolute atomic E-state index is 0.197. The van der Waals surface area contributed by atoms with Gasteiger partial charge in [-0.15, -0.1) is 11.3 Å². The standard InChI is InChI=1S/C13H22N2O2S/c1-9(12(16)17-13(3,4)5)15(6)7-11-8-18-10(2)14-11/h8-9H,7H2,1-6H3. The van der Waals surface area contributed by atoms with Crippen molar-refractivity contribution in [1.29, 1.82) is 0 Å². The number of nitrogens with zero attached hydrogens (tertiary/aromatic N) is 2. The Bertz CT molecular complexity index is 409. The fourth-order valence-corrected chi connectivity index (χ4v) is 2.04. The molecule has 0 amide bonds. The van der Waals surface area contributed by atoms with E-state index in [4.69, 9.17) is 4.74 Å². The van der Waals surface area contributed by atoms with Crippen LogP contribution >= 0.6 is 11.3 Å². The Morgan fingerprint density at radius 3 is 2.61 bits per heavy atom. The second-order valence-electron chi connectivity index (χ2n) is 5.48. The molecular formula is C13H22N2O2S. The van der Waals surface area contributed by atoms with Gasteiger partial charge in [-0.1, -0.05) is 0 Å². The Balaban J connectivity index is 2.55. The number of aryl methyl sites for hydroxylation is 1. The number of esters is 1. The summed E-state index contributed by atoms with van der Waals surface area (Å²) in [5.74, 6) is -0.197. The Hall–Kier alpha value is -0.940. The summed E-state index contributed by atoms with van der Waals surface area (Å²) < 4.78 is 5.37. The second kappa shape index (κ2) is 5.80. The number of rotatable bonds is 4. The first-order valence-corrected chi connectivity index (χ1v) is 6.91. The van der Waals surface area contributed by atoms with Crippen molar-refractivity contribution in [2.24, 2.45) is 0 Å². The van der Waals surface area contributed by atoms with Gasteiger partial charge < -0.3 is 4.74 Å². The third-order valence-corrected chi connectivity index (χ3v) is 3.31. The summed E-state index contributed by atoms with van der Waals surface area (Å²) in [7, 11) is 1.91. The van der Waals surface area contributed by atoms with Crippen molar-refractivity contribution in [1.82, 2.24) is 9.88 Å². The minimum atomic E-state index is -0.441. The van der Waals surface area contributed by atoms with Crippen LogP contribution in [0.15, 0.2) is 5.38 Å². The number of hydrogen-bond donors (Lipinski definition) is 0. The second-order valence-corrected chi connectivity index (χ2v) is 6.54. The van der Waals surface area contributed by atoms with Crippen LogP contribution in [-0.4, -0.2) is 34.5 Å². The third kappa shape index (κ3) is 4.74. The monoisotopic (exact) mass is 270 g/mol. The molecule has 102 valence electrons. The van der Waals surface area contributed by atoms with Crippen molar-refractivity contribution in [3.8, 4) is 0 Å². The van der Waals surface area contributed by atoms with Crippen LogP contribution in [0.25, 0.3) is 0 Å². The molecular weight excluding hydrogens is 248 g/mol. The van der Waals surface area contributed by atoms with E-state index in [-0.39, 0.29) is 12.0 Å². The van der Waals surface area contributed by atoms with Crippen LogP contribution in [0, 0.1) is 6.92 Å². The molecule has 1 aromatic heterocycles. The van der Waals surface area contributed by atoms with Crippen LogP contribution in [0.5, 0.6) is 0 Å². The first-order valence-electron chi connectivity index (χ1n) is 6.03. The van der Waals surface area contributed by atoms with Gasteiger partial charge in [-0.3, -0.25) is 9.69 Å². The molecule has 0 saturated carbocycles. The molecule has 4 nitrogen and oxygen atoms in total. The first kappa shape index (κ1) is 15.1. The molecule has 0 fully saturated rings. The Morgan fingerprint density at radius 2 is 2.17 bits per heavy atom. The van der Waals surface area contributed by atoms with Crippen molar-refractivity contribution in [3.05, 3.63) is 16.1 Å². The highest BCUT2D eigenvalue weighted by molar-refractivity contribution is 7.09. The number of likely N-dealkylation sites (N-methyl/N-ethyl adjacent to an activating group) is 1. The molecule has 1 heterocycles. The smallest absolute Gasteiger partial charge is 0.323 e. The summed E-state index contributed by atoms with van der Waals surface area (Å²) in [5.41, 5.74) is 0.555. The van der Waals surface area contributed by atoms with Gasteiger partial charge in [0, 0.05) is 11.9 Å². The molecule has 1 rings (SSSR count). The van der Waals surface area contributed by atoms with Crippen LogP contribution in [0.3, 0.4) is 0 Å². The van der Waals surface area contributed by atoms with E-state index in [2.05, 4.69) is 4.98 Å². The average Bonchev–Trinajstić information content (AvgIpc) is 2.60. The predicted octanol–water partition coefficient (Wildman–Crippen LogP) is 2.61. The number of thiazole rings is 1. The lowest BCUT2D eigenvalue weighted by Crippen LogP contribution is -2.40. The molecule has 5 heteroatoms. The lowest BCUT2D eigenvalue weighted by molar-refractivity contribution is -0.160. The molecule has 1 aromatic rings. The number of aromatic nitrogens is 1. The highest BCUT2D eigenvalue weighted by Crippen LogP contribution is 2.14. The van der Waals surface area contributed by atoms with E-state index in [1.54, 1.807) is 11.3 Å². The molecule has 0 aromatic carbocycles. The van der Waals surface area contributed by atoms with E-state index in [9.17, 15) is 4.79 Å². The highest BCUT2D eigenvalue weighted by atomic mass is 32.1. The zero-order valence-electron chi connectivity index (χ0n) is 12.0. The molecule has 0 aliphatic heterocycles. The van der Waals surface area contributed by atoms with Gasteiger partial charge in [0.05, 0.1) is 10.7 Å². The Morgan fingerprint density at radius 1 is 1.56 bits per heavy atom. The predicted molar refractivity (Wildman–Crippen MR) is 73.6 cm³/mol. The zero-order valence-corrected chi connectivity index (χ0v) is 12.8. The molecule has 0 saturated heterocycles.